The summed E-state index contributed by atoms with van der Waals surface area (Å²) in [6.07, 6.45) is 0. The van der Waals surface area contributed by atoms with Crippen LogP contribution in [0.4, 0.5) is 0 Å². The smallest absolute Gasteiger partial charge is 0.241 e. The zero-order valence-corrected chi connectivity index (χ0v) is 12.8. The maximum absolute atomic E-state index is 12.2. The Labute approximate surface area is 125 Å². The van der Waals surface area contributed by atoms with Crippen LogP contribution in [-0.4, -0.2) is 33.5 Å². The molecule has 0 aliphatic heterocycles. The van der Waals surface area contributed by atoms with Gasteiger partial charge < -0.3 is 11.1 Å². The number of carbonyl (C=O) groups is 1. The fourth-order valence-electron chi connectivity index (χ4n) is 1.58. The molecule has 1 unspecified atom stereocenters. The van der Waals surface area contributed by atoms with Crippen LogP contribution in [0.5, 0.6) is 0 Å². The van der Waals surface area contributed by atoms with Crippen LogP contribution in [0.1, 0.15) is 19.4 Å². The van der Waals surface area contributed by atoms with E-state index in [1.165, 1.54) is 19.1 Å². The number of carbonyl (C=O) groups excluding carboxylic acids is 1. The summed E-state index contributed by atoms with van der Waals surface area (Å²) in [6, 6.07) is 5.31. The highest BCUT2D eigenvalue weighted by molar-refractivity contribution is 7.89. The van der Waals surface area contributed by atoms with Crippen molar-refractivity contribution < 1.29 is 13.2 Å². The molecule has 114 valence electrons. The Morgan fingerprint density at radius 2 is 2.14 bits per heavy atom. The molecule has 0 aromatic heterocycles. The lowest BCUT2D eigenvalue weighted by atomic mass is 10.2. The molecule has 0 bridgehead atoms. The zero-order chi connectivity index (χ0) is 15.9. The van der Waals surface area contributed by atoms with Gasteiger partial charge in [-0.25, -0.2) is 8.42 Å². The third kappa shape index (κ3) is 5.19. The second-order valence-electron chi connectivity index (χ2n) is 4.27. The summed E-state index contributed by atoms with van der Waals surface area (Å²) in [5, 5.41) is 2.56. The molecule has 0 spiro atoms. The summed E-state index contributed by atoms with van der Waals surface area (Å²) in [7, 11) is -3.78. The fraction of sp³-hybridized carbons (Fsp3) is 0.357. The number of hydrogen-bond donors (Lipinski definition) is 3. The monoisotopic (exact) mass is 309 g/mol. The number of nitrogens with two attached hydrogens (primary N) is 1. The van der Waals surface area contributed by atoms with Gasteiger partial charge in [-0.15, -0.1) is 0 Å². The van der Waals surface area contributed by atoms with E-state index >= 15 is 0 Å². The third-order valence-corrected chi connectivity index (χ3v) is 4.09. The number of rotatable bonds is 5. The molecule has 1 aromatic carbocycles. The number of benzene rings is 1. The summed E-state index contributed by atoms with van der Waals surface area (Å²) in [6.45, 7) is 3.89. The molecule has 6 nitrogen and oxygen atoms in total. The van der Waals surface area contributed by atoms with Gasteiger partial charge in [-0.2, -0.15) is 4.72 Å². The quantitative estimate of drug-likeness (QED) is 0.656. The van der Waals surface area contributed by atoms with E-state index in [4.69, 9.17) is 5.73 Å². The lowest BCUT2D eigenvalue weighted by molar-refractivity contribution is -0.122. The van der Waals surface area contributed by atoms with Crippen molar-refractivity contribution in [2.75, 3.05) is 13.1 Å². The summed E-state index contributed by atoms with van der Waals surface area (Å²) in [4.78, 5) is 11.6. The Morgan fingerprint density at radius 3 is 2.76 bits per heavy atom. The highest BCUT2D eigenvalue weighted by atomic mass is 32.2. The lowest BCUT2D eigenvalue weighted by Gasteiger charge is -2.13. The van der Waals surface area contributed by atoms with E-state index in [2.05, 4.69) is 21.9 Å². The van der Waals surface area contributed by atoms with Gasteiger partial charge in [-0.1, -0.05) is 17.9 Å². The summed E-state index contributed by atoms with van der Waals surface area (Å²) in [5.74, 6) is 5.05. The molecule has 1 aromatic rings. The molecule has 1 rings (SSSR count). The second kappa shape index (κ2) is 7.78. The summed E-state index contributed by atoms with van der Waals surface area (Å²) >= 11 is 0. The first-order chi connectivity index (χ1) is 9.90. The van der Waals surface area contributed by atoms with Crippen LogP contribution in [0.2, 0.25) is 0 Å². The van der Waals surface area contributed by atoms with Crippen LogP contribution in [0.3, 0.4) is 0 Å². The largest absolute Gasteiger partial charge is 0.355 e. The van der Waals surface area contributed by atoms with Crippen molar-refractivity contribution in [3.8, 4) is 11.8 Å². The van der Waals surface area contributed by atoms with Crippen LogP contribution < -0.4 is 15.8 Å². The van der Waals surface area contributed by atoms with E-state index in [1.54, 1.807) is 19.1 Å². The van der Waals surface area contributed by atoms with Crippen molar-refractivity contribution in [2.24, 2.45) is 5.73 Å². The Bertz CT molecular complexity index is 660. The van der Waals surface area contributed by atoms with Crippen LogP contribution in [0.25, 0.3) is 0 Å². The highest BCUT2D eigenvalue weighted by Gasteiger charge is 2.21. The fourth-order valence-corrected chi connectivity index (χ4v) is 2.82. The van der Waals surface area contributed by atoms with Crippen molar-refractivity contribution in [3.63, 3.8) is 0 Å². The predicted octanol–water partition coefficient (Wildman–Crippen LogP) is -0.200. The van der Waals surface area contributed by atoms with Gasteiger partial charge in [-0.05, 0) is 32.0 Å². The molecule has 1 atom stereocenters. The molecule has 4 N–H and O–H groups in total. The van der Waals surface area contributed by atoms with Crippen molar-refractivity contribution in [2.45, 2.75) is 24.8 Å². The standard InChI is InChI=1S/C14H19N3O3S/c1-3-16-14(18)11(2)17-21(19,20)13-8-4-6-12(10-13)7-5-9-15/h4,6,8,10-11,17H,3,9,15H2,1-2H3,(H,16,18). The molecule has 0 saturated heterocycles. The Hall–Kier alpha value is -1.88. The molecule has 7 heteroatoms. The van der Waals surface area contributed by atoms with Gasteiger partial charge >= 0.3 is 0 Å². The molecule has 0 saturated carbocycles. The van der Waals surface area contributed by atoms with E-state index in [-0.39, 0.29) is 17.3 Å². The van der Waals surface area contributed by atoms with Gasteiger partial charge in [-0.3, -0.25) is 4.79 Å². The number of amides is 1. The van der Waals surface area contributed by atoms with E-state index in [0.29, 0.717) is 12.1 Å². The summed E-state index contributed by atoms with van der Waals surface area (Å²) in [5.41, 5.74) is 5.83. The molecule has 0 radical (unpaired) electrons. The van der Waals surface area contributed by atoms with Gasteiger partial charge in [0.15, 0.2) is 0 Å². The third-order valence-electron chi connectivity index (χ3n) is 2.56. The summed E-state index contributed by atoms with van der Waals surface area (Å²) < 4.78 is 26.8. The van der Waals surface area contributed by atoms with Crippen molar-refractivity contribution in [1.29, 1.82) is 0 Å². The van der Waals surface area contributed by atoms with Gasteiger partial charge in [0.2, 0.25) is 15.9 Å². The first kappa shape index (κ1) is 17.2. The second-order valence-corrected chi connectivity index (χ2v) is 5.99. The van der Waals surface area contributed by atoms with Crippen LogP contribution in [0, 0.1) is 11.8 Å². The lowest BCUT2D eigenvalue weighted by Crippen LogP contribution is -2.44. The number of sulfonamides is 1. The molecule has 21 heavy (non-hydrogen) atoms. The minimum Gasteiger partial charge on any atom is -0.355 e. The van der Waals surface area contributed by atoms with Gasteiger partial charge in [0.1, 0.15) is 0 Å². The molecular weight excluding hydrogens is 290 g/mol. The minimum atomic E-state index is -3.78. The van der Waals surface area contributed by atoms with Gasteiger partial charge in [0.25, 0.3) is 0 Å². The van der Waals surface area contributed by atoms with Crippen molar-refractivity contribution in [1.82, 2.24) is 10.0 Å². The Morgan fingerprint density at radius 1 is 1.43 bits per heavy atom. The van der Waals surface area contributed by atoms with Gasteiger partial charge in [0, 0.05) is 12.1 Å². The van der Waals surface area contributed by atoms with E-state index in [9.17, 15) is 13.2 Å². The van der Waals surface area contributed by atoms with Crippen molar-refractivity contribution in [3.05, 3.63) is 29.8 Å². The SMILES string of the molecule is CCNC(=O)C(C)NS(=O)(=O)c1cccc(C#CCN)c1. The molecule has 1 amide bonds. The van der Waals surface area contributed by atoms with E-state index in [1.807, 2.05) is 0 Å². The molecule has 0 aliphatic rings. The molecule has 0 aliphatic carbocycles. The number of likely N-dealkylation sites (N-methyl/N-ethyl adjacent to an activating group) is 1. The normalized spacial score (nSPS) is 12.1. The maximum atomic E-state index is 12.2. The van der Waals surface area contributed by atoms with Crippen molar-refractivity contribution >= 4 is 15.9 Å². The number of hydrogen-bond acceptors (Lipinski definition) is 4. The molecule has 0 fully saturated rings. The average Bonchev–Trinajstić information content (AvgIpc) is 2.45. The predicted molar refractivity (Wildman–Crippen MR) is 80.8 cm³/mol. The van der Waals surface area contributed by atoms with E-state index < -0.39 is 16.1 Å². The van der Waals surface area contributed by atoms with Crippen LogP contribution in [-0.2, 0) is 14.8 Å². The van der Waals surface area contributed by atoms with Crippen LogP contribution in [0.15, 0.2) is 29.2 Å². The first-order valence-corrected chi connectivity index (χ1v) is 7.98. The average molecular weight is 309 g/mol. The highest BCUT2D eigenvalue weighted by Crippen LogP contribution is 2.11. The minimum absolute atomic E-state index is 0.0578. The Balaban J connectivity index is 2.95. The molecular formula is C14H19N3O3S. The first-order valence-electron chi connectivity index (χ1n) is 6.49. The Kier molecular flexibility index (Phi) is 6.37. The maximum Gasteiger partial charge on any atom is 0.241 e. The molecule has 0 heterocycles. The van der Waals surface area contributed by atoms with E-state index in [0.717, 1.165) is 0 Å². The van der Waals surface area contributed by atoms with Gasteiger partial charge in [0.05, 0.1) is 17.5 Å². The topological polar surface area (TPSA) is 101 Å². The van der Waals surface area contributed by atoms with Crippen LogP contribution >= 0.6 is 0 Å². The number of nitrogens with one attached hydrogen (secondary N) is 2. The zero-order valence-electron chi connectivity index (χ0n) is 12.0.